The minimum atomic E-state index is -0.842. The van der Waals surface area contributed by atoms with Gasteiger partial charge in [-0.05, 0) is 85.4 Å². The minimum Gasteiger partial charge on any atom is -0.465 e. The van der Waals surface area contributed by atoms with Gasteiger partial charge in [0.2, 0.25) is 0 Å². The molecule has 3 heterocycles. The number of amidine groups is 3. The summed E-state index contributed by atoms with van der Waals surface area (Å²) in [5.41, 5.74) is -0.842. The van der Waals surface area contributed by atoms with E-state index in [1.807, 2.05) is 6.92 Å². The molecule has 0 aromatic rings. The highest BCUT2D eigenvalue weighted by Crippen LogP contribution is 2.25. The van der Waals surface area contributed by atoms with Crippen LogP contribution in [0, 0.1) is 5.41 Å². The summed E-state index contributed by atoms with van der Waals surface area (Å²) in [7, 11) is 0. The third kappa shape index (κ3) is 18.4. The molecule has 54 heavy (non-hydrogen) atoms. The number of hydrogen-bond acceptors (Lipinski definition) is 15. The molecule has 0 radical (unpaired) electrons. The Morgan fingerprint density at radius 3 is 1.15 bits per heavy atom. The molecule has 0 aliphatic carbocycles. The Hall–Kier alpha value is -3.30. The molecule has 0 bridgehead atoms. The zero-order valence-corrected chi connectivity index (χ0v) is 33.9. The monoisotopic (exact) mass is 762 g/mol. The summed E-state index contributed by atoms with van der Waals surface area (Å²) < 4.78 is 17.1. The maximum Gasteiger partial charge on any atom is 0.307 e. The van der Waals surface area contributed by atoms with Crippen molar-refractivity contribution in [1.82, 2.24) is 30.7 Å². The van der Waals surface area contributed by atoms with Crippen LogP contribution in [0.2, 0.25) is 0 Å². The van der Waals surface area contributed by atoms with Gasteiger partial charge in [0.25, 0.3) is 0 Å². The third-order valence-electron chi connectivity index (χ3n) is 10.4. The number of esters is 3. The number of nitrogens with one attached hydrogen (secondary N) is 3. The molecular weight excluding hydrogens is 690 g/mol. The molecule has 0 aromatic carbocycles. The first-order valence-corrected chi connectivity index (χ1v) is 20.6. The van der Waals surface area contributed by atoms with E-state index in [2.05, 4.69) is 66.4 Å². The molecule has 3 aliphatic heterocycles. The Balaban J connectivity index is 1.37. The maximum atomic E-state index is 12.8. The number of nitrogens with zero attached hydrogens (tertiary/aromatic N) is 6. The van der Waals surface area contributed by atoms with Gasteiger partial charge < -0.3 is 44.9 Å². The fourth-order valence-electron chi connectivity index (χ4n) is 6.59. The molecule has 15 heteroatoms. The Kier molecular flexibility index (Phi) is 22.1. The molecule has 3 aliphatic rings. The molecule has 0 saturated heterocycles. The van der Waals surface area contributed by atoms with E-state index in [1.165, 1.54) is 0 Å². The van der Waals surface area contributed by atoms with Crippen molar-refractivity contribution < 1.29 is 28.6 Å². The van der Waals surface area contributed by atoms with E-state index in [-0.39, 0.29) is 57.0 Å². The van der Waals surface area contributed by atoms with Gasteiger partial charge in [-0.2, -0.15) is 0 Å². The van der Waals surface area contributed by atoms with Crippen molar-refractivity contribution in [1.29, 1.82) is 0 Å². The zero-order chi connectivity index (χ0) is 38.9. The summed E-state index contributed by atoms with van der Waals surface area (Å²) in [5, 5.41) is 9.99. The minimum absolute atomic E-state index is 0.00853. The van der Waals surface area contributed by atoms with Gasteiger partial charge in [-0.25, -0.2) is 0 Å². The molecule has 0 fully saturated rings. The van der Waals surface area contributed by atoms with Crippen molar-refractivity contribution in [3.05, 3.63) is 0 Å². The highest BCUT2D eigenvalue weighted by atomic mass is 16.6. The summed E-state index contributed by atoms with van der Waals surface area (Å²) in [6.45, 7) is 20.7. The van der Waals surface area contributed by atoms with Crippen LogP contribution < -0.4 is 16.0 Å². The molecule has 0 unspecified atom stereocenters. The number of carbonyl (C=O) groups is 3. The molecule has 3 rings (SSSR count). The number of aliphatic imine (C=N–C) groups is 3. The lowest BCUT2D eigenvalue weighted by Gasteiger charge is -2.31. The molecular formula is C39H71N9O6. The molecule has 0 aromatic heterocycles. The lowest BCUT2D eigenvalue weighted by Crippen LogP contribution is -2.40. The van der Waals surface area contributed by atoms with Gasteiger partial charge in [0, 0.05) is 78.5 Å². The van der Waals surface area contributed by atoms with Crippen LogP contribution in [-0.4, -0.2) is 168 Å². The molecule has 0 spiro atoms. The van der Waals surface area contributed by atoms with Crippen molar-refractivity contribution in [2.75, 3.05) is 118 Å². The average Bonchev–Trinajstić information content (AvgIpc) is 3.17. The van der Waals surface area contributed by atoms with Crippen LogP contribution >= 0.6 is 0 Å². The van der Waals surface area contributed by atoms with E-state index in [9.17, 15) is 14.4 Å². The van der Waals surface area contributed by atoms with Crippen molar-refractivity contribution in [2.45, 2.75) is 91.9 Å². The normalized spacial score (nSPS) is 16.4. The average molecular weight is 762 g/mol. The summed E-state index contributed by atoms with van der Waals surface area (Å²) in [5.74, 6) is 2.27. The number of hydrogen-bond donors (Lipinski definition) is 3. The molecule has 308 valence electrons. The summed E-state index contributed by atoms with van der Waals surface area (Å²) >= 11 is 0. The van der Waals surface area contributed by atoms with Crippen molar-refractivity contribution in [3.63, 3.8) is 0 Å². The molecule has 15 nitrogen and oxygen atoms in total. The largest absolute Gasteiger partial charge is 0.465 e. The fourth-order valence-corrected chi connectivity index (χ4v) is 6.59. The van der Waals surface area contributed by atoms with E-state index < -0.39 is 5.41 Å². The first kappa shape index (κ1) is 45.1. The lowest BCUT2D eigenvalue weighted by atomic mass is 9.88. The van der Waals surface area contributed by atoms with Crippen molar-refractivity contribution >= 4 is 35.4 Å². The predicted octanol–water partition coefficient (Wildman–Crippen LogP) is 2.49. The van der Waals surface area contributed by atoms with Gasteiger partial charge >= 0.3 is 17.9 Å². The van der Waals surface area contributed by atoms with Gasteiger partial charge in [0.1, 0.15) is 19.8 Å². The zero-order valence-electron chi connectivity index (χ0n) is 33.9. The van der Waals surface area contributed by atoms with E-state index in [1.54, 1.807) is 0 Å². The lowest BCUT2D eigenvalue weighted by molar-refractivity contribution is -0.162. The Labute approximate surface area is 324 Å². The van der Waals surface area contributed by atoms with Crippen LogP contribution in [0.3, 0.4) is 0 Å². The van der Waals surface area contributed by atoms with Gasteiger partial charge in [0.05, 0.1) is 42.2 Å². The van der Waals surface area contributed by atoms with Crippen LogP contribution in [0.4, 0.5) is 0 Å². The Morgan fingerprint density at radius 1 is 0.556 bits per heavy atom. The van der Waals surface area contributed by atoms with E-state index >= 15 is 0 Å². The summed E-state index contributed by atoms with van der Waals surface area (Å²) in [4.78, 5) is 58.7. The number of ether oxygens (including phenoxy) is 3. The van der Waals surface area contributed by atoms with Crippen LogP contribution in [0.5, 0.6) is 0 Å². The van der Waals surface area contributed by atoms with Crippen LogP contribution in [0.25, 0.3) is 0 Å². The second kappa shape index (κ2) is 26.5. The smallest absolute Gasteiger partial charge is 0.307 e. The summed E-state index contributed by atoms with van der Waals surface area (Å²) in [6, 6.07) is 0. The van der Waals surface area contributed by atoms with E-state index in [0.29, 0.717) is 26.1 Å². The predicted molar refractivity (Wildman–Crippen MR) is 214 cm³/mol. The second-order valence-electron chi connectivity index (χ2n) is 14.7. The van der Waals surface area contributed by atoms with Crippen molar-refractivity contribution in [3.8, 4) is 0 Å². The number of rotatable bonds is 28. The van der Waals surface area contributed by atoms with Gasteiger partial charge in [0.15, 0.2) is 0 Å². The topological polar surface area (TPSA) is 162 Å². The van der Waals surface area contributed by atoms with Gasteiger partial charge in [-0.15, -0.1) is 0 Å². The van der Waals surface area contributed by atoms with Gasteiger partial charge in [-0.3, -0.25) is 29.4 Å². The maximum absolute atomic E-state index is 12.8. The van der Waals surface area contributed by atoms with Crippen molar-refractivity contribution in [2.24, 2.45) is 20.4 Å². The second-order valence-corrected chi connectivity index (χ2v) is 14.7. The van der Waals surface area contributed by atoms with E-state index in [4.69, 9.17) is 14.2 Å². The third-order valence-corrected chi connectivity index (χ3v) is 10.4. The summed E-state index contributed by atoms with van der Waals surface area (Å²) in [6.07, 6.45) is 7.31. The SMILES string of the molecule is CCC(COC(=O)CCNCCCN1CCCN=C1C)(COC(=O)CCNCCCN1CCCN=C1C)COC(=O)CCNCCCN1CCCN=C1C. The first-order valence-electron chi connectivity index (χ1n) is 20.6. The molecule has 3 N–H and O–H groups in total. The highest BCUT2D eigenvalue weighted by Gasteiger charge is 2.34. The first-order chi connectivity index (χ1) is 26.2. The highest BCUT2D eigenvalue weighted by molar-refractivity contribution is 5.81. The van der Waals surface area contributed by atoms with E-state index in [0.717, 1.165) is 135 Å². The van der Waals surface area contributed by atoms with Crippen LogP contribution in [0.15, 0.2) is 15.0 Å². The Bertz CT molecular complexity index is 1070. The van der Waals surface area contributed by atoms with Gasteiger partial charge in [-0.1, -0.05) is 6.92 Å². The van der Waals surface area contributed by atoms with Crippen LogP contribution in [-0.2, 0) is 28.6 Å². The fraction of sp³-hybridized carbons (Fsp3) is 0.846. The van der Waals surface area contributed by atoms with Crippen LogP contribution in [0.1, 0.15) is 91.9 Å². The Morgan fingerprint density at radius 2 is 0.870 bits per heavy atom. The molecule has 0 atom stereocenters. The molecule has 0 amide bonds. The quantitative estimate of drug-likeness (QED) is 0.0608. The molecule has 0 saturated carbocycles. The standard InChI is InChI=1S/C39H71N9O6/c1-5-39(30-52-36(49)12-21-40-15-6-24-46-27-9-18-43-33(46)2,31-53-37(50)13-22-41-16-7-25-47-28-10-19-44-34(47)3)32-54-38(51)14-23-42-17-8-26-48-29-11-20-45-35(48)4/h40-42H,5-32H2,1-4H3. The number of carbonyl (C=O) groups excluding carboxylic acids is 3.